The third-order valence-corrected chi connectivity index (χ3v) is 11.6. The van der Waals surface area contributed by atoms with E-state index in [0.717, 1.165) is 91.2 Å². The average molecular weight is 733 g/mol. The lowest BCUT2D eigenvalue weighted by Crippen LogP contribution is -2.15. The molecule has 0 atom stereocenters. The molecule has 0 bridgehead atoms. The number of phenols is 3. The second kappa shape index (κ2) is 16.6. The van der Waals surface area contributed by atoms with Crippen molar-refractivity contribution in [2.24, 2.45) is 0 Å². The van der Waals surface area contributed by atoms with Crippen LogP contribution in [0.3, 0.4) is 0 Å². The maximum absolute atomic E-state index is 11.4. The molecule has 0 spiro atoms. The molecule has 3 heteroatoms. The lowest BCUT2D eigenvalue weighted by atomic mass is 9.78. The predicted molar refractivity (Wildman–Crippen MR) is 231 cm³/mol. The quantitative estimate of drug-likeness (QED) is 0.136. The summed E-state index contributed by atoms with van der Waals surface area (Å²) in [5.74, 6) is 1.34. The molecular weight excluding hydrogens is 661 g/mol. The van der Waals surface area contributed by atoms with E-state index in [0.29, 0.717) is 17.2 Å². The Labute approximate surface area is 329 Å². The Morgan fingerprint density at radius 3 is 0.796 bits per heavy atom. The van der Waals surface area contributed by atoms with E-state index in [1.165, 1.54) is 50.1 Å². The van der Waals surface area contributed by atoms with E-state index >= 15 is 0 Å². The Hall–Kier alpha value is -3.72. The molecule has 54 heavy (non-hydrogen) atoms. The molecule has 294 valence electrons. The third kappa shape index (κ3) is 9.38. The summed E-state index contributed by atoms with van der Waals surface area (Å²) in [7, 11) is 0. The first-order valence-corrected chi connectivity index (χ1v) is 20.7. The summed E-state index contributed by atoms with van der Waals surface area (Å²) >= 11 is 0. The van der Waals surface area contributed by atoms with Crippen molar-refractivity contribution in [3.63, 3.8) is 0 Å². The highest BCUT2D eigenvalue weighted by Crippen LogP contribution is 2.41. The number of rotatable bonds is 12. The van der Waals surface area contributed by atoms with Crippen molar-refractivity contribution in [2.75, 3.05) is 0 Å². The molecule has 4 rings (SSSR count). The van der Waals surface area contributed by atoms with E-state index in [9.17, 15) is 15.3 Å². The first kappa shape index (κ1) is 43.0. The molecule has 0 unspecified atom stereocenters. The fourth-order valence-electron chi connectivity index (χ4n) is 8.48. The van der Waals surface area contributed by atoms with Crippen molar-refractivity contribution in [2.45, 2.75) is 178 Å². The first-order chi connectivity index (χ1) is 25.0. The van der Waals surface area contributed by atoms with Crippen molar-refractivity contribution in [3.8, 4) is 17.2 Å². The van der Waals surface area contributed by atoms with Gasteiger partial charge in [-0.15, -0.1) is 0 Å². The van der Waals surface area contributed by atoms with E-state index < -0.39 is 0 Å². The molecule has 0 saturated carbocycles. The van der Waals surface area contributed by atoms with Gasteiger partial charge in [0.25, 0.3) is 0 Å². The van der Waals surface area contributed by atoms with Crippen molar-refractivity contribution >= 4 is 0 Å². The van der Waals surface area contributed by atoms with E-state index in [2.05, 4.69) is 140 Å². The van der Waals surface area contributed by atoms with Gasteiger partial charge in [-0.2, -0.15) is 0 Å². The number of aromatic hydroxyl groups is 3. The number of aryl methyl sites for hydroxylation is 3. The van der Waals surface area contributed by atoms with Crippen LogP contribution < -0.4 is 0 Å². The Kier molecular flexibility index (Phi) is 13.2. The molecule has 0 amide bonds. The van der Waals surface area contributed by atoms with Gasteiger partial charge in [-0.05, 0) is 159 Å². The molecule has 0 aromatic heterocycles. The van der Waals surface area contributed by atoms with Gasteiger partial charge in [-0.1, -0.05) is 139 Å². The van der Waals surface area contributed by atoms with E-state index in [4.69, 9.17) is 0 Å². The van der Waals surface area contributed by atoms with E-state index in [1.807, 2.05) is 0 Å². The Balaban J connectivity index is 2.02. The fraction of sp³-hybridized carbons (Fsp3) is 0.529. The standard InChI is InChI=1S/C51H72O3/c1-16-19-37-22-34(28-43(46(37)52)49(7,8)9)25-40-31(4)41(26-35-23-38(20-17-2)47(53)44(29-35)50(10,11)12)33(6)42(32(40)5)27-36-24-39(21-18-3)48(54)45(30-36)51(13,14)15/h22-24,28-30,52-54H,16-21,25-27H2,1-15H3. The minimum Gasteiger partial charge on any atom is -0.507 e. The molecule has 3 nitrogen and oxygen atoms in total. The van der Waals surface area contributed by atoms with Crippen LogP contribution in [-0.2, 0) is 54.8 Å². The first-order valence-electron chi connectivity index (χ1n) is 20.7. The molecule has 0 fully saturated rings. The van der Waals surface area contributed by atoms with Crippen molar-refractivity contribution < 1.29 is 15.3 Å². The van der Waals surface area contributed by atoms with Gasteiger partial charge in [0.05, 0.1) is 0 Å². The van der Waals surface area contributed by atoms with Gasteiger partial charge in [0, 0.05) is 0 Å². The Bertz CT molecular complexity index is 1720. The van der Waals surface area contributed by atoms with Gasteiger partial charge in [-0.3, -0.25) is 0 Å². The molecule has 0 saturated heterocycles. The van der Waals surface area contributed by atoms with Gasteiger partial charge in [0.2, 0.25) is 0 Å². The lowest BCUT2D eigenvalue weighted by molar-refractivity contribution is 0.439. The Morgan fingerprint density at radius 1 is 0.389 bits per heavy atom. The second-order valence-corrected chi connectivity index (χ2v) is 19.3. The van der Waals surface area contributed by atoms with Gasteiger partial charge in [0.1, 0.15) is 17.2 Å². The van der Waals surface area contributed by atoms with Crippen LogP contribution in [0, 0.1) is 20.8 Å². The van der Waals surface area contributed by atoms with Crippen molar-refractivity contribution in [3.05, 3.63) is 120 Å². The zero-order valence-corrected chi connectivity index (χ0v) is 36.7. The average Bonchev–Trinajstić information content (AvgIpc) is 3.06. The van der Waals surface area contributed by atoms with Crippen LogP contribution in [-0.4, -0.2) is 15.3 Å². The lowest BCUT2D eigenvalue weighted by Gasteiger charge is -2.27. The maximum Gasteiger partial charge on any atom is 0.122 e. The molecule has 0 radical (unpaired) electrons. The second-order valence-electron chi connectivity index (χ2n) is 19.3. The van der Waals surface area contributed by atoms with Gasteiger partial charge >= 0.3 is 0 Å². The fourth-order valence-corrected chi connectivity index (χ4v) is 8.48. The molecule has 0 aliphatic rings. The summed E-state index contributed by atoms with van der Waals surface area (Å²) in [6.07, 6.45) is 7.82. The minimum atomic E-state index is -0.185. The summed E-state index contributed by atoms with van der Waals surface area (Å²) < 4.78 is 0. The van der Waals surface area contributed by atoms with Crippen LogP contribution in [0.1, 0.15) is 186 Å². The molecule has 0 aliphatic carbocycles. The molecule has 0 aliphatic heterocycles. The Morgan fingerprint density at radius 2 is 0.611 bits per heavy atom. The SMILES string of the molecule is CCCc1cc(Cc2c(C)c(Cc3cc(CCC)c(O)c(C(C)(C)C)c3)c(C)c(Cc3cc(CCC)c(O)c(C(C)(C)C)c3)c2C)cc(C(C)(C)C)c1O. The predicted octanol–water partition coefficient (Wildman–Crippen LogP) is 13.3. The van der Waals surface area contributed by atoms with E-state index in [1.54, 1.807) is 0 Å². The summed E-state index contributed by atoms with van der Waals surface area (Å²) in [4.78, 5) is 0. The molecule has 3 N–H and O–H groups in total. The zero-order chi connectivity index (χ0) is 40.5. The zero-order valence-electron chi connectivity index (χ0n) is 36.7. The molecular formula is C51H72O3. The van der Waals surface area contributed by atoms with Crippen LogP contribution in [0.4, 0.5) is 0 Å². The van der Waals surface area contributed by atoms with Crippen LogP contribution in [0.25, 0.3) is 0 Å². The van der Waals surface area contributed by atoms with Crippen LogP contribution >= 0.6 is 0 Å². The number of hydrogen-bond donors (Lipinski definition) is 3. The monoisotopic (exact) mass is 733 g/mol. The third-order valence-electron chi connectivity index (χ3n) is 11.6. The number of phenolic OH excluding ortho intramolecular Hbond substituents is 3. The van der Waals surface area contributed by atoms with Crippen LogP contribution in [0.5, 0.6) is 17.2 Å². The van der Waals surface area contributed by atoms with E-state index in [-0.39, 0.29) is 16.2 Å². The minimum absolute atomic E-state index is 0.185. The van der Waals surface area contributed by atoms with Gasteiger partial charge in [0.15, 0.2) is 0 Å². The molecule has 4 aromatic rings. The summed E-state index contributed by atoms with van der Waals surface area (Å²) in [5.41, 5.74) is 17.3. The van der Waals surface area contributed by atoms with Gasteiger partial charge < -0.3 is 15.3 Å². The van der Waals surface area contributed by atoms with Crippen LogP contribution in [0.15, 0.2) is 36.4 Å². The highest BCUT2D eigenvalue weighted by Gasteiger charge is 2.26. The van der Waals surface area contributed by atoms with Crippen LogP contribution in [0.2, 0.25) is 0 Å². The normalized spacial score (nSPS) is 12.5. The van der Waals surface area contributed by atoms with Crippen molar-refractivity contribution in [1.29, 1.82) is 0 Å². The molecule has 4 aromatic carbocycles. The highest BCUT2D eigenvalue weighted by molar-refractivity contribution is 5.58. The number of hydrogen-bond acceptors (Lipinski definition) is 3. The van der Waals surface area contributed by atoms with Crippen molar-refractivity contribution in [1.82, 2.24) is 0 Å². The summed E-state index contributed by atoms with van der Waals surface area (Å²) in [5, 5.41) is 34.2. The maximum atomic E-state index is 11.4. The smallest absolute Gasteiger partial charge is 0.122 e. The summed E-state index contributed by atoms with van der Waals surface area (Å²) in [6.45, 7) is 33.1. The highest BCUT2D eigenvalue weighted by atomic mass is 16.3. The largest absolute Gasteiger partial charge is 0.507 e. The van der Waals surface area contributed by atoms with Gasteiger partial charge in [-0.25, -0.2) is 0 Å². The number of benzene rings is 4. The summed E-state index contributed by atoms with van der Waals surface area (Å²) in [6, 6.07) is 13.4. The topological polar surface area (TPSA) is 60.7 Å². The molecule has 0 heterocycles.